The standard InChI is InChI=1S/C17H30N4S/c1-14(13-16-5-3-4-9-20(16)2)19-15-6-10-21(11-7-15)17-18-8-12-22-17/h8,12,14-16,19H,3-7,9-11,13H2,1-2H3. The first-order valence-corrected chi connectivity index (χ1v) is 9.71. The van der Waals surface area contributed by atoms with Crippen LogP contribution in [0, 0.1) is 0 Å². The number of rotatable bonds is 5. The Bertz CT molecular complexity index is 428. The number of piperidine rings is 2. The second-order valence-electron chi connectivity index (χ2n) is 7.01. The number of anilines is 1. The summed E-state index contributed by atoms with van der Waals surface area (Å²) in [5, 5.41) is 7.14. The van der Waals surface area contributed by atoms with E-state index in [1.807, 2.05) is 6.20 Å². The molecule has 0 amide bonds. The molecule has 0 bridgehead atoms. The molecule has 22 heavy (non-hydrogen) atoms. The summed E-state index contributed by atoms with van der Waals surface area (Å²) in [6.45, 7) is 5.93. The molecule has 0 radical (unpaired) electrons. The zero-order valence-corrected chi connectivity index (χ0v) is 14.8. The molecule has 3 heterocycles. The molecule has 124 valence electrons. The maximum Gasteiger partial charge on any atom is 0.185 e. The Hall–Kier alpha value is -0.650. The third kappa shape index (κ3) is 4.21. The summed E-state index contributed by atoms with van der Waals surface area (Å²) in [6.07, 6.45) is 9.86. The summed E-state index contributed by atoms with van der Waals surface area (Å²) in [5.74, 6) is 0. The minimum Gasteiger partial charge on any atom is -0.348 e. The molecule has 2 unspecified atom stereocenters. The molecular formula is C17H30N4S. The molecule has 2 fully saturated rings. The molecule has 3 rings (SSSR count). The number of hydrogen-bond acceptors (Lipinski definition) is 5. The van der Waals surface area contributed by atoms with Crippen LogP contribution < -0.4 is 10.2 Å². The number of likely N-dealkylation sites (tertiary alicyclic amines) is 1. The van der Waals surface area contributed by atoms with Gasteiger partial charge in [0.05, 0.1) is 0 Å². The predicted molar refractivity (Wildman–Crippen MR) is 94.8 cm³/mol. The number of nitrogens with zero attached hydrogens (tertiary/aromatic N) is 3. The van der Waals surface area contributed by atoms with E-state index in [1.165, 1.54) is 50.2 Å². The fourth-order valence-electron chi connectivity index (χ4n) is 3.93. The Morgan fingerprint density at radius 3 is 2.77 bits per heavy atom. The largest absolute Gasteiger partial charge is 0.348 e. The highest BCUT2D eigenvalue weighted by Crippen LogP contribution is 2.23. The Labute approximate surface area is 138 Å². The normalized spacial score (nSPS) is 26.3. The van der Waals surface area contributed by atoms with Crippen LogP contribution in [0.25, 0.3) is 0 Å². The lowest BCUT2D eigenvalue weighted by atomic mass is 9.96. The summed E-state index contributed by atoms with van der Waals surface area (Å²) in [6, 6.07) is 2.09. The second kappa shape index (κ2) is 7.75. The van der Waals surface area contributed by atoms with Crippen molar-refractivity contribution < 1.29 is 0 Å². The van der Waals surface area contributed by atoms with Crippen LogP contribution in [0.1, 0.15) is 45.4 Å². The molecule has 0 saturated carbocycles. The molecule has 1 aromatic heterocycles. The third-order valence-electron chi connectivity index (χ3n) is 5.25. The molecule has 2 aliphatic heterocycles. The maximum absolute atomic E-state index is 4.43. The highest BCUT2D eigenvalue weighted by molar-refractivity contribution is 7.13. The molecule has 0 spiro atoms. The Morgan fingerprint density at radius 1 is 1.27 bits per heavy atom. The van der Waals surface area contributed by atoms with Crippen LogP contribution in [-0.2, 0) is 0 Å². The predicted octanol–water partition coefficient (Wildman–Crippen LogP) is 2.96. The van der Waals surface area contributed by atoms with Crippen molar-refractivity contribution in [3.8, 4) is 0 Å². The molecule has 0 aromatic carbocycles. The van der Waals surface area contributed by atoms with Crippen LogP contribution in [0.3, 0.4) is 0 Å². The van der Waals surface area contributed by atoms with Crippen molar-refractivity contribution >= 4 is 16.5 Å². The number of nitrogens with one attached hydrogen (secondary N) is 1. The molecule has 2 atom stereocenters. The van der Waals surface area contributed by atoms with Crippen LogP contribution in [-0.4, -0.2) is 54.7 Å². The molecule has 4 nitrogen and oxygen atoms in total. The highest BCUT2D eigenvalue weighted by Gasteiger charge is 2.24. The summed E-state index contributed by atoms with van der Waals surface area (Å²) in [4.78, 5) is 9.43. The van der Waals surface area contributed by atoms with Crippen LogP contribution in [0.2, 0.25) is 0 Å². The Kier molecular flexibility index (Phi) is 5.71. The van der Waals surface area contributed by atoms with E-state index < -0.39 is 0 Å². The average molecular weight is 323 g/mol. The quantitative estimate of drug-likeness (QED) is 0.903. The van der Waals surface area contributed by atoms with Gasteiger partial charge in [-0.3, -0.25) is 0 Å². The molecule has 5 heteroatoms. The van der Waals surface area contributed by atoms with E-state index in [4.69, 9.17) is 0 Å². The summed E-state index contributed by atoms with van der Waals surface area (Å²) in [5.41, 5.74) is 0. The van der Waals surface area contributed by atoms with Crippen LogP contribution in [0.15, 0.2) is 11.6 Å². The van der Waals surface area contributed by atoms with E-state index in [2.05, 4.69) is 39.5 Å². The van der Waals surface area contributed by atoms with Gasteiger partial charge < -0.3 is 15.1 Å². The van der Waals surface area contributed by atoms with Gasteiger partial charge in [-0.2, -0.15) is 0 Å². The Morgan fingerprint density at radius 2 is 2.09 bits per heavy atom. The molecule has 2 saturated heterocycles. The maximum atomic E-state index is 4.43. The van der Waals surface area contributed by atoms with Gasteiger partial charge >= 0.3 is 0 Å². The Balaban J connectivity index is 1.40. The minimum absolute atomic E-state index is 0.627. The third-order valence-corrected chi connectivity index (χ3v) is 6.08. The fraction of sp³-hybridized carbons (Fsp3) is 0.824. The summed E-state index contributed by atoms with van der Waals surface area (Å²) >= 11 is 1.76. The number of thiazole rings is 1. The van der Waals surface area contributed by atoms with Crippen LogP contribution >= 0.6 is 11.3 Å². The van der Waals surface area contributed by atoms with E-state index in [-0.39, 0.29) is 0 Å². The summed E-state index contributed by atoms with van der Waals surface area (Å²) in [7, 11) is 2.29. The molecule has 2 aliphatic rings. The molecule has 1 N–H and O–H groups in total. The van der Waals surface area contributed by atoms with Gasteiger partial charge in [0.1, 0.15) is 0 Å². The van der Waals surface area contributed by atoms with Gasteiger partial charge in [0.15, 0.2) is 5.13 Å². The lowest BCUT2D eigenvalue weighted by Crippen LogP contribution is -2.48. The SMILES string of the molecule is CC(CC1CCCCN1C)NC1CCN(c2nccs2)CC1. The van der Waals surface area contributed by atoms with Crippen molar-refractivity contribution in [1.82, 2.24) is 15.2 Å². The number of aromatic nitrogens is 1. The first-order valence-electron chi connectivity index (χ1n) is 8.83. The average Bonchev–Trinajstić information content (AvgIpc) is 3.05. The van der Waals surface area contributed by atoms with Crippen molar-refractivity contribution in [3.05, 3.63) is 11.6 Å². The first-order chi connectivity index (χ1) is 10.7. The smallest absolute Gasteiger partial charge is 0.185 e. The zero-order chi connectivity index (χ0) is 15.4. The van der Waals surface area contributed by atoms with E-state index in [9.17, 15) is 0 Å². The van der Waals surface area contributed by atoms with E-state index in [0.717, 1.165) is 19.1 Å². The van der Waals surface area contributed by atoms with E-state index >= 15 is 0 Å². The van der Waals surface area contributed by atoms with Gasteiger partial charge in [0, 0.05) is 42.8 Å². The second-order valence-corrected chi connectivity index (χ2v) is 7.88. The lowest BCUT2D eigenvalue weighted by molar-refractivity contribution is 0.161. The van der Waals surface area contributed by atoms with Gasteiger partial charge in [0.2, 0.25) is 0 Å². The molecular weight excluding hydrogens is 292 g/mol. The minimum atomic E-state index is 0.627. The van der Waals surface area contributed by atoms with Gasteiger partial charge in [-0.15, -0.1) is 11.3 Å². The lowest BCUT2D eigenvalue weighted by Gasteiger charge is -2.37. The van der Waals surface area contributed by atoms with Crippen LogP contribution in [0.5, 0.6) is 0 Å². The fourth-order valence-corrected chi connectivity index (χ4v) is 4.63. The van der Waals surface area contributed by atoms with Gasteiger partial charge in [0.25, 0.3) is 0 Å². The first kappa shape index (κ1) is 16.2. The highest BCUT2D eigenvalue weighted by atomic mass is 32.1. The van der Waals surface area contributed by atoms with Crippen molar-refractivity contribution in [2.45, 2.75) is 63.6 Å². The molecule has 1 aromatic rings. The van der Waals surface area contributed by atoms with E-state index in [0.29, 0.717) is 12.1 Å². The van der Waals surface area contributed by atoms with Crippen molar-refractivity contribution in [3.63, 3.8) is 0 Å². The van der Waals surface area contributed by atoms with Gasteiger partial charge in [-0.25, -0.2) is 4.98 Å². The monoisotopic (exact) mass is 322 g/mol. The van der Waals surface area contributed by atoms with E-state index in [1.54, 1.807) is 11.3 Å². The van der Waals surface area contributed by atoms with Crippen molar-refractivity contribution in [2.75, 3.05) is 31.6 Å². The molecule has 0 aliphatic carbocycles. The van der Waals surface area contributed by atoms with Gasteiger partial charge in [-0.1, -0.05) is 6.42 Å². The van der Waals surface area contributed by atoms with Gasteiger partial charge in [-0.05, 0) is 52.6 Å². The summed E-state index contributed by atoms with van der Waals surface area (Å²) < 4.78 is 0. The number of hydrogen-bond donors (Lipinski definition) is 1. The van der Waals surface area contributed by atoms with Crippen molar-refractivity contribution in [1.29, 1.82) is 0 Å². The van der Waals surface area contributed by atoms with Crippen LogP contribution in [0.4, 0.5) is 5.13 Å². The topological polar surface area (TPSA) is 31.4 Å². The zero-order valence-electron chi connectivity index (χ0n) is 14.0. The van der Waals surface area contributed by atoms with Crippen molar-refractivity contribution in [2.24, 2.45) is 0 Å².